The fraction of sp³-hybridized carbons (Fsp3) is 0.105. The molecule has 0 saturated heterocycles. The maximum atomic E-state index is 12.1. The Labute approximate surface area is 145 Å². The predicted molar refractivity (Wildman–Crippen MR) is 92.6 cm³/mol. The maximum Gasteiger partial charge on any atom is 0.352 e. The Morgan fingerprint density at radius 1 is 1.08 bits per heavy atom. The third-order valence-corrected chi connectivity index (χ3v) is 3.28. The second kappa shape index (κ2) is 8.31. The zero-order valence-corrected chi connectivity index (χ0v) is 13.5. The zero-order valence-electron chi connectivity index (χ0n) is 13.5. The number of rotatable bonds is 5. The van der Waals surface area contributed by atoms with Gasteiger partial charge in [-0.25, -0.2) is 4.79 Å². The summed E-state index contributed by atoms with van der Waals surface area (Å²) in [4.78, 5) is 23.7. The molecule has 0 aliphatic carbocycles. The van der Waals surface area contributed by atoms with Gasteiger partial charge in [-0.05, 0) is 43.3 Å². The number of carbonyl (C=O) groups is 2. The standard InChI is InChI=1S/C19H16N2O4/c1-2-25-19(24)16(12-20)17(22)13-8-10-15(11-9-13)21-18(23)14-6-4-3-5-7-14/h3-11,22H,2H2,1H3,(H,21,23). The first-order valence-electron chi connectivity index (χ1n) is 7.54. The average Bonchev–Trinajstić information content (AvgIpc) is 2.63. The van der Waals surface area contributed by atoms with Crippen LogP contribution in [-0.4, -0.2) is 23.6 Å². The van der Waals surface area contributed by atoms with Gasteiger partial charge in [0.05, 0.1) is 6.61 Å². The van der Waals surface area contributed by atoms with E-state index in [-0.39, 0.29) is 18.1 Å². The van der Waals surface area contributed by atoms with Crippen molar-refractivity contribution in [3.8, 4) is 6.07 Å². The Balaban J connectivity index is 2.18. The molecule has 2 N–H and O–H groups in total. The number of anilines is 1. The van der Waals surface area contributed by atoms with Crippen molar-refractivity contribution in [3.63, 3.8) is 0 Å². The number of amides is 1. The van der Waals surface area contributed by atoms with Crippen molar-refractivity contribution in [1.82, 2.24) is 0 Å². The molecule has 6 nitrogen and oxygen atoms in total. The van der Waals surface area contributed by atoms with E-state index in [1.54, 1.807) is 49.4 Å². The highest BCUT2D eigenvalue weighted by molar-refractivity contribution is 6.04. The Hall–Kier alpha value is -3.59. The summed E-state index contributed by atoms with van der Waals surface area (Å²) in [6.07, 6.45) is 0. The molecule has 0 heterocycles. The molecule has 0 atom stereocenters. The summed E-state index contributed by atoms with van der Waals surface area (Å²) in [5, 5.41) is 21.8. The van der Waals surface area contributed by atoms with E-state index in [4.69, 9.17) is 10.00 Å². The van der Waals surface area contributed by atoms with E-state index in [2.05, 4.69) is 5.32 Å². The van der Waals surface area contributed by atoms with Crippen molar-refractivity contribution in [2.75, 3.05) is 11.9 Å². The normalized spacial score (nSPS) is 11.0. The lowest BCUT2D eigenvalue weighted by molar-refractivity contribution is -0.138. The van der Waals surface area contributed by atoms with Crippen LogP contribution in [0.1, 0.15) is 22.8 Å². The van der Waals surface area contributed by atoms with Gasteiger partial charge in [-0.3, -0.25) is 4.79 Å². The summed E-state index contributed by atoms with van der Waals surface area (Å²) in [7, 11) is 0. The lowest BCUT2D eigenvalue weighted by Crippen LogP contribution is -2.11. The number of nitrogens with one attached hydrogen (secondary N) is 1. The molecule has 0 spiro atoms. The average molecular weight is 336 g/mol. The molecule has 126 valence electrons. The van der Waals surface area contributed by atoms with Crippen LogP contribution >= 0.6 is 0 Å². The van der Waals surface area contributed by atoms with E-state index in [0.717, 1.165) is 0 Å². The van der Waals surface area contributed by atoms with Gasteiger partial charge in [0.15, 0.2) is 5.57 Å². The van der Waals surface area contributed by atoms with Crippen LogP contribution in [0.4, 0.5) is 5.69 Å². The Kier molecular flexibility index (Phi) is 5.91. The largest absolute Gasteiger partial charge is 0.506 e. The number of nitriles is 1. The van der Waals surface area contributed by atoms with E-state index < -0.39 is 17.3 Å². The Morgan fingerprint density at radius 3 is 2.28 bits per heavy atom. The minimum atomic E-state index is -0.885. The van der Waals surface area contributed by atoms with Gasteiger partial charge in [-0.2, -0.15) is 5.26 Å². The fourth-order valence-electron chi connectivity index (χ4n) is 2.05. The molecule has 0 bridgehead atoms. The molecular formula is C19H16N2O4. The molecule has 0 radical (unpaired) electrons. The van der Waals surface area contributed by atoms with Crippen LogP contribution in [0.3, 0.4) is 0 Å². The first-order valence-corrected chi connectivity index (χ1v) is 7.54. The molecule has 0 saturated carbocycles. The number of esters is 1. The van der Waals surface area contributed by atoms with Crippen LogP contribution in [0.2, 0.25) is 0 Å². The molecule has 25 heavy (non-hydrogen) atoms. The highest BCUT2D eigenvalue weighted by atomic mass is 16.5. The summed E-state index contributed by atoms with van der Waals surface area (Å²) >= 11 is 0. The molecule has 2 aromatic carbocycles. The van der Waals surface area contributed by atoms with Gasteiger partial charge in [0.1, 0.15) is 11.8 Å². The van der Waals surface area contributed by atoms with Gasteiger partial charge in [0, 0.05) is 16.8 Å². The quantitative estimate of drug-likeness (QED) is 0.378. The summed E-state index contributed by atoms with van der Waals surface area (Å²) in [5.41, 5.74) is 0.827. The highest BCUT2D eigenvalue weighted by Gasteiger charge is 2.17. The van der Waals surface area contributed by atoms with Crippen molar-refractivity contribution < 1.29 is 19.4 Å². The fourth-order valence-corrected chi connectivity index (χ4v) is 2.05. The number of aliphatic hydroxyl groups excluding tert-OH is 1. The number of carbonyl (C=O) groups excluding carboxylic acids is 2. The van der Waals surface area contributed by atoms with Crippen LogP contribution in [0.25, 0.3) is 5.76 Å². The molecule has 6 heteroatoms. The van der Waals surface area contributed by atoms with Crippen molar-refractivity contribution in [2.45, 2.75) is 6.92 Å². The molecule has 0 aliphatic rings. The molecule has 0 aromatic heterocycles. The third kappa shape index (κ3) is 4.45. The molecule has 0 aliphatic heterocycles. The van der Waals surface area contributed by atoms with E-state index >= 15 is 0 Å². The van der Waals surface area contributed by atoms with Crippen LogP contribution in [0.5, 0.6) is 0 Å². The number of benzene rings is 2. The third-order valence-electron chi connectivity index (χ3n) is 3.28. The number of ether oxygens (including phenoxy) is 1. The molecule has 1 amide bonds. The highest BCUT2D eigenvalue weighted by Crippen LogP contribution is 2.19. The summed E-state index contributed by atoms with van der Waals surface area (Å²) < 4.78 is 4.73. The van der Waals surface area contributed by atoms with Gasteiger partial charge in [0.2, 0.25) is 0 Å². The first-order chi connectivity index (χ1) is 12.1. The van der Waals surface area contributed by atoms with Gasteiger partial charge in [-0.1, -0.05) is 18.2 Å². The SMILES string of the molecule is CCOC(=O)C(C#N)=C(O)c1ccc(NC(=O)c2ccccc2)cc1. The van der Waals surface area contributed by atoms with Crippen LogP contribution in [0.15, 0.2) is 60.2 Å². The van der Waals surface area contributed by atoms with Crippen LogP contribution in [-0.2, 0) is 9.53 Å². The van der Waals surface area contributed by atoms with Crippen molar-refractivity contribution >= 4 is 23.3 Å². The number of hydrogen-bond acceptors (Lipinski definition) is 5. The zero-order chi connectivity index (χ0) is 18.2. The smallest absolute Gasteiger partial charge is 0.352 e. The van der Waals surface area contributed by atoms with Gasteiger partial charge >= 0.3 is 5.97 Å². The van der Waals surface area contributed by atoms with Crippen molar-refractivity contribution in [1.29, 1.82) is 5.26 Å². The van der Waals surface area contributed by atoms with Gasteiger partial charge < -0.3 is 15.2 Å². The number of nitrogens with zero attached hydrogens (tertiary/aromatic N) is 1. The second-order valence-corrected chi connectivity index (χ2v) is 4.95. The lowest BCUT2D eigenvalue weighted by Gasteiger charge is -2.07. The summed E-state index contributed by atoms with van der Waals surface area (Å²) in [6.45, 7) is 1.70. The van der Waals surface area contributed by atoms with Crippen LogP contribution in [0, 0.1) is 11.3 Å². The number of hydrogen-bond donors (Lipinski definition) is 2. The van der Waals surface area contributed by atoms with Crippen molar-refractivity contribution in [2.24, 2.45) is 0 Å². The van der Waals surface area contributed by atoms with Gasteiger partial charge in [-0.15, -0.1) is 0 Å². The van der Waals surface area contributed by atoms with Crippen molar-refractivity contribution in [3.05, 3.63) is 71.3 Å². The Bertz CT molecular complexity index is 834. The molecule has 0 unspecified atom stereocenters. The minimum absolute atomic E-state index is 0.0990. The Morgan fingerprint density at radius 2 is 1.72 bits per heavy atom. The topological polar surface area (TPSA) is 99.4 Å². The first kappa shape index (κ1) is 17.8. The molecular weight excluding hydrogens is 320 g/mol. The van der Waals surface area contributed by atoms with E-state index in [0.29, 0.717) is 11.3 Å². The monoisotopic (exact) mass is 336 g/mol. The molecule has 0 fully saturated rings. The predicted octanol–water partition coefficient (Wildman–Crippen LogP) is 3.29. The second-order valence-electron chi connectivity index (χ2n) is 4.95. The maximum absolute atomic E-state index is 12.1. The van der Waals surface area contributed by atoms with Gasteiger partial charge in [0.25, 0.3) is 5.91 Å². The van der Waals surface area contributed by atoms with E-state index in [1.165, 1.54) is 12.1 Å². The van der Waals surface area contributed by atoms with E-state index in [9.17, 15) is 14.7 Å². The van der Waals surface area contributed by atoms with E-state index in [1.807, 2.05) is 6.07 Å². The summed E-state index contributed by atoms with van der Waals surface area (Å²) in [5.74, 6) is -1.62. The minimum Gasteiger partial charge on any atom is -0.506 e. The summed E-state index contributed by atoms with van der Waals surface area (Å²) in [6, 6.07) is 16.5. The molecule has 2 rings (SSSR count). The molecule has 2 aromatic rings. The lowest BCUT2D eigenvalue weighted by atomic mass is 10.1. The number of aliphatic hydroxyl groups is 1. The van der Waals surface area contributed by atoms with Crippen LogP contribution < -0.4 is 5.32 Å².